The molecule has 2 heterocycles. The van der Waals surface area contributed by atoms with Crippen LogP contribution in [0.1, 0.15) is 66.8 Å². The highest BCUT2D eigenvalue weighted by Crippen LogP contribution is 2.32. The van der Waals surface area contributed by atoms with E-state index in [0.29, 0.717) is 54.9 Å². The summed E-state index contributed by atoms with van der Waals surface area (Å²) in [6, 6.07) is 22.2. The van der Waals surface area contributed by atoms with Gasteiger partial charge in [0.2, 0.25) is 11.7 Å². The lowest BCUT2D eigenvalue weighted by Gasteiger charge is -2.29. The van der Waals surface area contributed by atoms with Crippen molar-refractivity contribution in [3.05, 3.63) is 114 Å². The van der Waals surface area contributed by atoms with Gasteiger partial charge in [0, 0.05) is 23.9 Å². The molecule has 1 saturated heterocycles. The smallest absolute Gasteiger partial charge is 0.408 e. The molecule has 268 valence electrons. The highest BCUT2D eigenvalue weighted by atomic mass is 35.5. The Kier molecular flexibility index (Phi) is 13.5. The molecule has 5 rings (SSSR count). The molecule has 1 aliphatic heterocycles. The third kappa shape index (κ3) is 10.4. The Bertz CT molecular complexity index is 1760. The maximum Gasteiger partial charge on any atom is 0.408 e. The molecule has 0 saturated carbocycles. The van der Waals surface area contributed by atoms with Gasteiger partial charge in [-0.05, 0) is 86.4 Å². The molecule has 1 aromatic heterocycles. The first kappa shape index (κ1) is 37.5. The van der Waals surface area contributed by atoms with Crippen molar-refractivity contribution in [2.45, 2.75) is 70.1 Å². The number of rotatable bonds is 18. The maximum atomic E-state index is 14.3. The quantitative estimate of drug-likeness (QED) is 0.0632. The summed E-state index contributed by atoms with van der Waals surface area (Å²) in [5, 5.41) is 3.35. The standard InChI is InChI=1S/C40H45ClN4O6/c1-2-10-33(44-40(49)50-26-28-11-4-3-5-12-28)39(48)45-25-29(17-16-27-18-20-31(41)21-19-27)23-34(45)35(46)24-30(13-8-9-22-42)37(47)38-43-32-14-6-7-15-36(32)51-38/h2-7,11-12,14-15,18-21,29-30,33-34H,1,8-10,13,16-17,22-26,42H2,(H,44,49)/t29-,30-,33-,34+/m1/s1. The number of hydrogen-bond donors (Lipinski definition) is 2. The van der Waals surface area contributed by atoms with Crippen molar-refractivity contribution < 1.29 is 28.3 Å². The number of aromatic nitrogens is 1. The summed E-state index contributed by atoms with van der Waals surface area (Å²) in [4.78, 5) is 61.1. The normalized spacial score (nSPS) is 16.8. The number of amides is 2. The molecule has 51 heavy (non-hydrogen) atoms. The van der Waals surface area contributed by atoms with Crippen molar-refractivity contribution in [3.63, 3.8) is 0 Å². The number of carbonyl (C=O) groups is 4. The first-order chi connectivity index (χ1) is 24.7. The number of ether oxygens (including phenoxy) is 1. The number of nitrogens with zero attached hydrogens (tertiary/aromatic N) is 2. The minimum atomic E-state index is -0.988. The Morgan fingerprint density at radius 3 is 2.49 bits per heavy atom. The van der Waals surface area contributed by atoms with E-state index in [2.05, 4.69) is 16.9 Å². The van der Waals surface area contributed by atoms with Gasteiger partial charge in [-0.3, -0.25) is 14.4 Å². The van der Waals surface area contributed by atoms with E-state index in [4.69, 9.17) is 26.5 Å². The van der Waals surface area contributed by atoms with Crippen molar-refractivity contribution in [1.29, 1.82) is 0 Å². The SMILES string of the molecule is C=CC[C@@H](NC(=O)OCc1ccccc1)C(=O)N1C[C@H](CCc2ccc(Cl)cc2)C[C@H]1C(=O)C[C@@H](CCCCN)C(=O)c1nc2ccccc2o1. The van der Waals surface area contributed by atoms with Crippen molar-refractivity contribution in [3.8, 4) is 0 Å². The molecule has 10 nitrogen and oxygen atoms in total. The summed E-state index contributed by atoms with van der Waals surface area (Å²) in [5.41, 5.74) is 8.72. The molecular weight excluding hydrogens is 668 g/mol. The Hall–Kier alpha value is -4.80. The van der Waals surface area contributed by atoms with Gasteiger partial charge in [-0.1, -0.05) is 78.7 Å². The van der Waals surface area contributed by atoms with Crippen molar-refractivity contribution in [2.24, 2.45) is 17.6 Å². The number of aryl methyl sites for hydroxylation is 1. The number of nitrogens with one attached hydrogen (secondary N) is 1. The number of benzene rings is 3. The molecule has 3 N–H and O–H groups in total. The van der Waals surface area contributed by atoms with E-state index in [-0.39, 0.29) is 42.8 Å². The van der Waals surface area contributed by atoms with Crippen LogP contribution in [0.25, 0.3) is 11.1 Å². The van der Waals surface area contributed by atoms with Gasteiger partial charge in [0.1, 0.15) is 18.2 Å². The second-order valence-electron chi connectivity index (χ2n) is 13.1. The van der Waals surface area contributed by atoms with E-state index in [9.17, 15) is 19.2 Å². The molecule has 3 aromatic carbocycles. The Balaban J connectivity index is 1.34. The third-order valence-electron chi connectivity index (χ3n) is 9.33. The van der Waals surface area contributed by atoms with Crippen LogP contribution >= 0.6 is 11.6 Å². The molecule has 1 aliphatic rings. The number of fused-ring (bicyclic) bond motifs is 1. The van der Waals surface area contributed by atoms with Crippen LogP contribution < -0.4 is 11.1 Å². The summed E-state index contributed by atoms with van der Waals surface area (Å²) in [5.74, 6) is -1.69. The first-order valence-electron chi connectivity index (χ1n) is 17.5. The maximum absolute atomic E-state index is 14.3. The molecule has 0 bridgehead atoms. The number of carbonyl (C=O) groups excluding carboxylic acids is 4. The van der Waals surface area contributed by atoms with Crippen LogP contribution in [0.3, 0.4) is 0 Å². The van der Waals surface area contributed by atoms with Crippen LogP contribution in [-0.4, -0.2) is 58.6 Å². The lowest BCUT2D eigenvalue weighted by atomic mass is 9.88. The van der Waals surface area contributed by atoms with Gasteiger partial charge in [0.15, 0.2) is 11.4 Å². The molecule has 0 radical (unpaired) electrons. The number of oxazole rings is 1. The van der Waals surface area contributed by atoms with Crippen LogP contribution in [0, 0.1) is 11.8 Å². The third-order valence-corrected chi connectivity index (χ3v) is 9.58. The van der Waals surface area contributed by atoms with Crippen molar-refractivity contribution in [1.82, 2.24) is 15.2 Å². The van der Waals surface area contributed by atoms with Gasteiger partial charge in [-0.2, -0.15) is 0 Å². The fourth-order valence-corrected chi connectivity index (χ4v) is 6.72. The second kappa shape index (κ2) is 18.4. The van der Waals surface area contributed by atoms with E-state index in [0.717, 1.165) is 24.0 Å². The second-order valence-corrected chi connectivity index (χ2v) is 13.5. The van der Waals surface area contributed by atoms with E-state index in [1.165, 1.54) is 0 Å². The van der Waals surface area contributed by atoms with Gasteiger partial charge < -0.3 is 25.1 Å². The highest BCUT2D eigenvalue weighted by Gasteiger charge is 2.42. The lowest BCUT2D eigenvalue weighted by Crippen LogP contribution is -2.52. The van der Waals surface area contributed by atoms with Gasteiger partial charge in [-0.15, -0.1) is 6.58 Å². The zero-order valence-electron chi connectivity index (χ0n) is 28.7. The number of unbranched alkanes of at least 4 members (excludes halogenated alkanes) is 1. The number of hydrogen-bond acceptors (Lipinski definition) is 8. The number of Topliss-reactive ketones (excluding diaryl/α,β-unsaturated/α-hetero) is 2. The predicted molar refractivity (Wildman–Crippen MR) is 196 cm³/mol. The molecule has 0 unspecified atom stereocenters. The number of alkyl carbamates (subject to hydrolysis) is 1. The summed E-state index contributed by atoms with van der Waals surface area (Å²) in [6.07, 6.45) is 4.54. The number of para-hydroxylation sites is 2. The van der Waals surface area contributed by atoms with E-state index >= 15 is 0 Å². The zero-order valence-corrected chi connectivity index (χ0v) is 29.4. The summed E-state index contributed by atoms with van der Waals surface area (Å²) in [6.45, 7) is 4.62. The largest absolute Gasteiger partial charge is 0.445 e. The molecule has 4 aromatic rings. The first-order valence-corrected chi connectivity index (χ1v) is 17.9. The van der Waals surface area contributed by atoms with Crippen molar-refractivity contribution in [2.75, 3.05) is 13.1 Å². The van der Waals surface area contributed by atoms with Crippen molar-refractivity contribution >= 4 is 46.3 Å². The Morgan fingerprint density at radius 2 is 1.76 bits per heavy atom. The van der Waals surface area contributed by atoms with E-state index < -0.39 is 30.0 Å². The summed E-state index contributed by atoms with van der Waals surface area (Å²) >= 11 is 6.08. The zero-order chi connectivity index (χ0) is 36.2. The lowest BCUT2D eigenvalue weighted by molar-refractivity contribution is -0.139. The molecule has 0 spiro atoms. The van der Waals surface area contributed by atoms with E-state index in [1.54, 1.807) is 29.2 Å². The number of ketones is 2. The minimum Gasteiger partial charge on any atom is -0.445 e. The number of halogens is 1. The topological polar surface area (TPSA) is 145 Å². The monoisotopic (exact) mass is 712 g/mol. The Morgan fingerprint density at radius 1 is 1.02 bits per heavy atom. The van der Waals surface area contributed by atoms with Gasteiger partial charge >= 0.3 is 6.09 Å². The van der Waals surface area contributed by atoms with Crippen LogP contribution in [0.2, 0.25) is 5.02 Å². The van der Waals surface area contributed by atoms with Crippen LogP contribution in [-0.2, 0) is 27.4 Å². The summed E-state index contributed by atoms with van der Waals surface area (Å²) in [7, 11) is 0. The average Bonchev–Trinajstić information content (AvgIpc) is 3.78. The number of likely N-dealkylation sites (tertiary alicyclic amines) is 1. The van der Waals surface area contributed by atoms with Gasteiger partial charge in [0.05, 0.1) is 6.04 Å². The Labute approximate surface area is 303 Å². The van der Waals surface area contributed by atoms with E-state index in [1.807, 2.05) is 60.7 Å². The van der Waals surface area contributed by atoms with Crippen LogP contribution in [0.15, 0.2) is 95.9 Å². The van der Waals surface area contributed by atoms with Gasteiger partial charge in [0.25, 0.3) is 5.89 Å². The predicted octanol–water partition coefficient (Wildman–Crippen LogP) is 7.09. The van der Waals surface area contributed by atoms with Crippen LogP contribution in [0.4, 0.5) is 4.79 Å². The molecular formula is C40H45ClN4O6. The summed E-state index contributed by atoms with van der Waals surface area (Å²) < 4.78 is 11.2. The highest BCUT2D eigenvalue weighted by molar-refractivity contribution is 6.30. The molecule has 4 atom stereocenters. The molecule has 11 heteroatoms. The molecule has 2 amide bonds. The molecule has 1 fully saturated rings. The average molecular weight is 713 g/mol. The fraction of sp³-hybridized carbons (Fsp3) is 0.375. The van der Waals surface area contributed by atoms with Crippen LogP contribution in [0.5, 0.6) is 0 Å². The fourth-order valence-electron chi connectivity index (χ4n) is 6.59. The number of nitrogens with two attached hydrogens (primary N) is 1. The van der Waals surface area contributed by atoms with Gasteiger partial charge in [-0.25, -0.2) is 9.78 Å². The molecule has 0 aliphatic carbocycles. The minimum absolute atomic E-state index is 0.0106.